The van der Waals surface area contributed by atoms with Crippen LogP contribution in [0.3, 0.4) is 0 Å². The number of imidazole rings is 1. The van der Waals surface area contributed by atoms with Gasteiger partial charge in [0, 0.05) is 24.0 Å². The van der Waals surface area contributed by atoms with Crippen LogP contribution in [-0.4, -0.2) is 33.5 Å². The molecule has 1 aliphatic carbocycles. The van der Waals surface area contributed by atoms with Crippen LogP contribution in [0, 0.1) is 0 Å². The van der Waals surface area contributed by atoms with Gasteiger partial charge in [0.05, 0.1) is 25.5 Å². The zero-order chi connectivity index (χ0) is 17.2. The molecule has 0 saturated heterocycles. The lowest BCUT2D eigenvalue weighted by Crippen LogP contribution is -2.36. The molecule has 0 atom stereocenters. The van der Waals surface area contributed by atoms with Crippen LogP contribution in [0.4, 0.5) is 10.5 Å². The summed E-state index contributed by atoms with van der Waals surface area (Å²) in [7, 11) is 1.61. The summed E-state index contributed by atoms with van der Waals surface area (Å²) < 4.78 is 7.24. The Hall–Kier alpha value is -3.02. The highest BCUT2D eigenvalue weighted by Gasteiger charge is 2.33. The molecule has 6 nitrogen and oxygen atoms in total. The average molecular weight is 336 g/mol. The average Bonchev–Trinajstić information content (AvgIpc) is 3.40. The highest BCUT2D eigenvalue weighted by atomic mass is 16.5. The monoisotopic (exact) mass is 336 g/mol. The van der Waals surface area contributed by atoms with Crippen molar-refractivity contribution in [3.05, 3.63) is 60.6 Å². The van der Waals surface area contributed by atoms with Crippen molar-refractivity contribution < 1.29 is 9.53 Å². The number of rotatable bonds is 5. The molecule has 128 valence electrons. The molecule has 4 rings (SSSR count). The van der Waals surface area contributed by atoms with E-state index in [0.29, 0.717) is 12.6 Å². The smallest absolute Gasteiger partial charge is 0.322 e. The van der Waals surface area contributed by atoms with E-state index >= 15 is 0 Å². The van der Waals surface area contributed by atoms with E-state index in [1.54, 1.807) is 7.11 Å². The number of methoxy groups -OCH3 is 1. The second-order valence-corrected chi connectivity index (χ2v) is 6.20. The number of nitrogens with zero attached hydrogens (tertiary/aromatic N) is 3. The number of benzene rings is 1. The van der Waals surface area contributed by atoms with Crippen molar-refractivity contribution in [3.8, 4) is 5.75 Å². The predicted octanol–water partition coefficient (Wildman–Crippen LogP) is 3.54. The van der Waals surface area contributed by atoms with E-state index in [9.17, 15) is 4.79 Å². The SMILES string of the molecule is COc1cccc(NC(=O)N(Cc2cnc3ccccn23)C2CC2)c1. The van der Waals surface area contributed by atoms with E-state index in [4.69, 9.17) is 4.74 Å². The number of hydrogen-bond acceptors (Lipinski definition) is 3. The number of nitrogens with one attached hydrogen (secondary N) is 1. The number of carbonyl (C=O) groups excluding carboxylic acids is 1. The Morgan fingerprint density at radius 2 is 2.20 bits per heavy atom. The second-order valence-electron chi connectivity index (χ2n) is 6.20. The summed E-state index contributed by atoms with van der Waals surface area (Å²) in [5, 5.41) is 2.98. The molecule has 0 bridgehead atoms. The molecule has 2 heterocycles. The Morgan fingerprint density at radius 3 is 3.00 bits per heavy atom. The molecule has 2 amide bonds. The first-order chi connectivity index (χ1) is 12.2. The molecule has 25 heavy (non-hydrogen) atoms. The molecule has 1 saturated carbocycles. The lowest BCUT2D eigenvalue weighted by atomic mass is 10.3. The number of hydrogen-bond donors (Lipinski definition) is 1. The number of urea groups is 1. The minimum atomic E-state index is -0.0957. The Bertz CT molecular complexity index is 901. The summed E-state index contributed by atoms with van der Waals surface area (Å²) in [4.78, 5) is 19.1. The van der Waals surface area contributed by atoms with Crippen LogP contribution >= 0.6 is 0 Å². The van der Waals surface area contributed by atoms with Crippen molar-refractivity contribution in [1.82, 2.24) is 14.3 Å². The molecule has 0 unspecified atom stereocenters. The minimum Gasteiger partial charge on any atom is -0.497 e. The molecule has 1 N–H and O–H groups in total. The van der Waals surface area contributed by atoms with Crippen molar-refractivity contribution in [3.63, 3.8) is 0 Å². The highest BCUT2D eigenvalue weighted by molar-refractivity contribution is 5.90. The zero-order valence-corrected chi connectivity index (χ0v) is 14.1. The fourth-order valence-electron chi connectivity index (χ4n) is 2.93. The zero-order valence-electron chi connectivity index (χ0n) is 14.1. The number of ether oxygens (including phenoxy) is 1. The standard InChI is InChI=1S/C19H20N4O2/c1-25-17-6-4-5-14(11-17)21-19(24)23(15-8-9-15)13-16-12-20-18-7-2-3-10-22(16)18/h2-7,10-12,15H,8-9,13H2,1H3,(H,21,24). The summed E-state index contributed by atoms with van der Waals surface area (Å²) in [6.07, 6.45) is 5.90. The summed E-state index contributed by atoms with van der Waals surface area (Å²) in [6.45, 7) is 0.533. The van der Waals surface area contributed by atoms with Gasteiger partial charge in [0.15, 0.2) is 0 Å². The van der Waals surface area contributed by atoms with Gasteiger partial charge in [-0.3, -0.25) is 0 Å². The van der Waals surface area contributed by atoms with E-state index in [-0.39, 0.29) is 6.03 Å². The number of amides is 2. The maximum absolute atomic E-state index is 12.8. The third-order valence-corrected chi connectivity index (χ3v) is 4.40. The fourth-order valence-corrected chi connectivity index (χ4v) is 2.93. The van der Waals surface area contributed by atoms with Crippen LogP contribution in [0.25, 0.3) is 5.65 Å². The molecule has 0 spiro atoms. The normalized spacial score (nSPS) is 13.6. The Kier molecular flexibility index (Phi) is 4.01. The third-order valence-electron chi connectivity index (χ3n) is 4.40. The minimum absolute atomic E-state index is 0.0957. The van der Waals surface area contributed by atoms with Crippen LogP contribution in [0.2, 0.25) is 0 Å². The number of pyridine rings is 1. The Balaban J connectivity index is 1.53. The van der Waals surface area contributed by atoms with Crippen molar-refractivity contribution in [2.75, 3.05) is 12.4 Å². The van der Waals surface area contributed by atoms with Crippen LogP contribution in [0.1, 0.15) is 18.5 Å². The molecule has 6 heteroatoms. The molecule has 1 aromatic carbocycles. The lowest BCUT2D eigenvalue weighted by molar-refractivity contribution is 0.205. The molecular weight excluding hydrogens is 316 g/mol. The van der Waals surface area contributed by atoms with Crippen molar-refractivity contribution in [2.45, 2.75) is 25.4 Å². The van der Waals surface area contributed by atoms with E-state index in [2.05, 4.69) is 10.3 Å². The first kappa shape index (κ1) is 15.5. The first-order valence-corrected chi connectivity index (χ1v) is 8.37. The summed E-state index contributed by atoms with van der Waals surface area (Å²) in [6, 6.07) is 13.5. The van der Waals surface area contributed by atoms with Gasteiger partial charge in [0.25, 0.3) is 0 Å². The molecule has 0 radical (unpaired) electrons. The van der Waals surface area contributed by atoms with E-state index in [1.807, 2.05) is 64.2 Å². The Labute approximate surface area is 146 Å². The summed E-state index contributed by atoms with van der Waals surface area (Å²) in [5.41, 5.74) is 2.62. The van der Waals surface area contributed by atoms with Crippen LogP contribution in [0.5, 0.6) is 5.75 Å². The van der Waals surface area contributed by atoms with E-state index < -0.39 is 0 Å². The number of fused-ring (bicyclic) bond motifs is 1. The number of carbonyl (C=O) groups is 1. The van der Waals surface area contributed by atoms with E-state index in [1.165, 1.54) is 0 Å². The van der Waals surface area contributed by atoms with Gasteiger partial charge in [-0.1, -0.05) is 12.1 Å². The molecule has 1 aliphatic rings. The lowest BCUT2D eigenvalue weighted by Gasteiger charge is -2.22. The predicted molar refractivity (Wildman–Crippen MR) is 95.8 cm³/mol. The molecule has 1 fully saturated rings. The Morgan fingerprint density at radius 1 is 1.32 bits per heavy atom. The number of aromatic nitrogens is 2. The first-order valence-electron chi connectivity index (χ1n) is 8.37. The number of anilines is 1. The van der Waals surface area contributed by atoms with Gasteiger partial charge in [-0.15, -0.1) is 0 Å². The van der Waals surface area contributed by atoms with Crippen molar-refractivity contribution in [2.24, 2.45) is 0 Å². The maximum Gasteiger partial charge on any atom is 0.322 e. The van der Waals surface area contributed by atoms with Crippen LogP contribution in [0.15, 0.2) is 54.9 Å². The van der Waals surface area contributed by atoms with Gasteiger partial charge in [0.2, 0.25) is 0 Å². The largest absolute Gasteiger partial charge is 0.497 e. The fraction of sp³-hybridized carbons (Fsp3) is 0.263. The van der Waals surface area contributed by atoms with E-state index in [0.717, 1.165) is 35.6 Å². The van der Waals surface area contributed by atoms with Crippen molar-refractivity contribution in [1.29, 1.82) is 0 Å². The van der Waals surface area contributed by atoms with Gasteiger partial charge < -0.3 is 19.4 Å². The van der Waals surface area contributed by atoms with Gasteiger partial charge in [-0.25, -0.2) is 9.78 Å². The highest BCUT2D eigenvalue weighted by Crippen LogP contribution is 2.29. The second kappa shape index (κ2) is 6.47. The van der Waals surface area contributed by atoms with Crippen molar-refractivity contribution >= 4 is 17.4 Å². The summed E-state index contributed by atoms with van der Waals surface area (Å²) >= 11 is 0. The molecule has 3 aromatic rings. The quantitative estimate of drug-likeness (QED) is 0.775. The topological polar surface area (TPSA) is 58.9 Å². The molecule has 2 aromatic heterocycles. The van der Waals surface area contributed by atoms with Crippen LogP contribution in [-0.2, 0) is 6.54 Å². The third kappa shape index (κ3) is 3.28. The van der Waals surface area contributed by atoms with Gasteiger partial charge in [-0.2, -0.15) is 0 Å². The molecule has 0 aliphatic heterocycles. The molecular formula is C19H20N4O2. The summed E-state index contributed by atoms with van der Waals surface area (Å²) in [5.74, 6) is 0.720. The maximum atomic E-state index is 12.8. The van der Waals surface area contributed by atoms with Crippen LogP contribution < -0.4 is 10.1 Å². The van der Waals surface area contributed by atoms with Gasteiger partial charge >= 0.3 is 6.03 Å². The van der Waals surface area contributed by atoms with Gasteiger partial charge in [-0.05, 0) is 37.1 Å². The van der Waals surface area contributed by atoms with Gasteiger partial charge in [0.1, 0.15) is 11.4 Å².